The minimum atomic E-state index is -0.820. The van der Waals surface area contributed by atoms with Gasteiger partial charge in [-0.1, -0.05) is 109 Å². The summed E-state index contributed by atoms with van der Waals surface area (Å²) in [7, 11) is -0.820. The largest absolute Gasteiger partial charge is 0.508 e. The summed E-state index contributed by atoms with van der Waals surface area (Å²) in [6.07, 6.45) is 0. The van der Waals surface area contributed by atoms with Crippen LogP contribution in [0, 0.1) is 0 Å². The lowest BCUT2D eigenvalue weighted by Gasteiger charge is -2.24. The van der Waals surface area contributed by atoms with Gasteiger partial charge in [-0.3, -0.25) is 0 Å². The number of benzene rings is 7. The zero-order valence-corrected chi connectivity index (χ0v) is 19.3. The van der Waals surface area contributed by atoms with Crippen LogP contribution < -0.4 is 15.9 Å². The molecule has 0 fully saturated rings. The first kappa shape index (κ1) is 19.5. The molecule has 0 aromatic heterocycles. The molecule has 7 rings (SSSR count). The van der Waals surface area contributed by atoms with E-state index in [0.717, 1.165) is 0 Å². The molecule has 1 nitrogen and oxygen atoms in total. The molecule has 1 unspecified atom stereocenters. The summed E-state index contributed by atoms with van der Waals surface area (Å²) in [5.41, 5.74) is 0. The van der Waals surface area contributed by atoms with Crippen LogP contribution in [0.1, 0.15) is 0 Å². The molecule has 0 radical (unpaired) electrons. The highest BCUT2D eigenvalue weighted by Crippen LogP contribution is 2.44. The van der Waals surface area contributed by atoms with Gasteiger partial charge in [0.2, 0.25) is 0 Å². The van der Waals surface area contributed by atoms with Gasteiger partial charge in [-0.25, -0.2) is 0 Å². The van der Waals surface area contributed by atoms with E-state index in [9.17, 15) is 5.11 Å². The summed E-state index contributed by atoms with van der Waals surface area (Å²) in [6.45, 7) is 0. The van der Waals surface area contributed by atoms with E-state index in [1.807, 2.05) is 12.1 Å². The van der Waals surface area contributed by atoms with E-state index in [4.69, 9.17) is 0 Å². The third kappa shape index (κ3) is 2.84. The van der Waals surface area contributed by atoms with E-state index < -0.39 is 7.92 Å². The quantitative estimate of drug-likeness (QED) is 0.171. The van der Waals surface area contributed by atoms with E-state index >= 15 is 0 Å². The number of phenolic OH excluding ortho intramolecular Hbond substituents is 1. The minimum absolute atomic E-state index is 0.299. The summed E-state index contributed by atoms with van der Waals surface area (Å²) >= 11 is 0. The fraction of sp³-hybridized carbons (Fsp3) is 0. The second-order valence-corrected chi connectivity index (χ2v) is 10.9. The summed E-state index contributed by atoms with van der Waals surface area (Å²) in [5, 5.41) is 24.4. The summed E-state index contributed by atoms with van der Waals surface area (Å²) < 4.78 is 0. The maximum Gasteiger partial charge on any atom is 0.115 e. The lowest BCUT2D eigenvalue weighted by Crippen LogP contribution is -2.21. The lowest BCUT2D eigenvalue weighted by molar-refractivity contribution is 0.475. The Balaban J connectivity index is 1.69. The topological polar surface area (TPSA) is 20.2 Å². The molecule has 1 N–H and O–H groups in total. The number of rotatable bonds is 3. The van der Waals surface area contributed by atoms with Crippen LogP contribution >= 0.6 is 7.92 Å². The number of aromatic hydroxyl groups is 1. The first-order valence-corrected chi connectivity index (χ1v) is 12.9. The Morgan fingerprint density at radius 2 is 1.00 bits per heavy atom. The van der Waals surface area contributed by atoms with Crippen LogP contribution in [0.25, 0.3) is 43.1 Å². The second-order valence-electron chi connectivity index (χ2n) is 8.76. The van der Waals surface area contributed by atoms with Gasteiger partial charge in [-0.15, -0.1) is 0 Å². The maximum atomic E-state index is 9.99. The summed E-state index contributed by atoms with van der Waals surface area (Å²) in [5.74, 6) is 0.299. The average molecular weight is 452 g/mol. The highest BCUT2D eigenvalue weighted by molar-refractivity contribution is 7.80. The van der Waals surface area contributed by atoms with Crippen molar-refractivity contribution >= 4 is 66.9 Å². The molecule has 0 aliphatic rings. The predicted molar refractivity (Wildman–Crippen MR) is 148 cm³/mol. The Kier molecular flexibility index (Phi) is 4.34. The maximum absolute atomic E-state index is 9.99. The number of hydrogen-bond donors (Lipinski definition) is 1. The van der Waals surface area contributed by atoms with Gasteiger partial charge in [0.1, 0.15) is 5.75 Å². The molecule has 0 bridgehead atoms. The average Bonchev–Trinajstić information content (AvgIpc) is 2.89. The Morgan fingerprint density at radius 1 is 0.412 bits per heavy atom. The Morgan fingerprint density at radius 3 is 1.71 bits per heavy atom. The molecule has 7 aromatic rings. The van der Waals surface area contributed by atoms with Crippen LogP contribution in [0.2, 0.25) is 0 Å². The number of phenols is 1. The van der Waals surface area contributed by atoms with E-state index in [0.29, 0.717) is 5.75 Å². The van der Waals surface area contributed by atoms with Crippen molar-refractivity contribution in [2.75, 3.05) is 0 Å². The van der Waals surface area contributed by atoms with Crippen molar-refractivity contribution in [1.82, 2.24) is 0 Å². The van der Waals surface area contributed by atoms with Gasteiger partial charge < -0.3 is 5.11 Å². The number of hydrogen-bond acceptors (Lipinski definition) is 1. The zero-order valence-electron chi connectivity index (χ0n) is 18.4. The van der Waals surface area contributed by atoms with Gasteiger partial charge in [-0.2, -0.15) is 0 Å². The molecule has 0 saturated carbocycles. The molecule has 160 valence electrons. The lowest BCUT2D eigenvalue weighted by atomic mass is 9.90. The van der Waals surface area contributed by atoms with E-state index in [2.05, 4.69) is 109 Å². The van der Waals surface area contributed by atoms with Gasteiger partial charge in [-0.05, 0) is 79.1 Å². The van der Waals surface area contributed by atoms with Gasteiger partial charge >= 0.3 is 0 Å². The Labute approximate surface area is 199 Å². The smallest absolute Gasteiger partial charge is 0.115 e. The summed E-state index contributed by atoms with van der Waals surface area (Å²) in [4.78, 5) is 0. The monoisotopic (exact) mass is 452 g/mol. The van der Waals surface area contributed by atoms with Gasteiger partial charge in [0.25, 0.3) is 0 Å². The van der Waals surface area contributed by atoms with Gasteiger partial charge in [0, 0.05) is 0 Å². The molecule has 0 spiro atoms. The van der Waals surface area contributed by atoms with Crippen molar-refractivity contribution in [3.63, 3.8) is 0 Å². The Hall–Kier alpha value is -3.93. The van der Waals surface area contributed by atoms with Crippen LogP contribution in [0.15, 0.2) is 121 Å². The molecule has 34 heavy (non-hydrogen) atoms. The fourth-order valence-corrected chi connectivity index (χ4v) is 7.88. The normalized spacial score (nSPS) is 12.7. The van der Waals surface area contributed by atoms with Crippen LogP contribution in [0.3, 0.4) is 0 Å². The predicted octanol–water partition coefficient (Wildman–Crippen LogP) is 7.20. The van der Waals surface area contributed by atoms with Crippen LogP contribution in [-0.4, -0.2) is 5.11 Å². The minimum Gasteiger partial charge on any atom is -0.508 e. The molecule has 0 aliphatic carbocycles. The van der Waals surface area contributed by atoms with Crippen LogP contribution in [0.4, 0.5) is 0 Å². The first-order chi connectivity index (χ1) is 16.8. The molecule has 0 aliphatic heterocycles. The highest BCUT2D eigenvalue weighted by atomic mass is 31.1. The van der Waals surface area contributed by atoms with Gasteiger partial charge in [0.05, 0.1) is 0 Å². The number of fused-ring (bicyclic) bond motifs is 2. The summed E-state index contributed by atoms with van der Waals surface area (Å²) in [6, 6.07) is 43.2. The Bertz CT molecular complexity index is 1800. The van der Waals surface area contributed by atoms with Crippen molar-refractivity contribution in [2.24, 2.45) is 0 Å². The standard InChI is InChI=1S/C32H21OP/c33-23-16-18-25(19-17-23)34(24-10-2-1-3-11-24)29-20-15-22-9-5-13-27-26-12-4-7-21-8-6-14-28(30(21)26)32(29)31(22)27/h1-20,33H. The molecular weight excluding hydrogens is 431 g/mol. The zero-order chi connectivity index (χ0) is 22.6. The molecular formula is C32H21OP. The van der Waals surface area contributed by atoms with Crippen molar-refractivity contribution in [3.05, 3.63) is 121 Å². The molecule has 7 aromatic carbocycles. The first-order valence-electron chi connectivity index (χ1n) is 11.5. The fourth-order valence-electron chi connectivity index (χ4n) is 5.43. The molecule has 2 heteroatoms. The van der Waals surface area contributed by atoms with Gasteiger partial charge in [0.15, 0.2) is 0 Å². The van der Waals surface area contributed by atoms with E-state index in [-0.39, 0.29) is 0 Å². The van der Waals surface area contributed by atoms with E-state index in [1.54, 1.807) is 0 Å². The van der Waals surface area contributed by atoms with Crippen molar-refractivity contribution in [1.29, 1.82) is 0 Å². The molecule has 0 saturated heterocycles. The SMILES string of the molecule is Oc1ccc(P(c2ccccc2)c2ccc3cccc4c5cccc6cccc(c2c34)c65)cc1. The third-order valence-electron chi connectivity index (χ3n) is 6.85. The molecule has 0 amide bonds. The van der Waals surface area contributed by atoms with Crippen molar-refractivity contribution in [2.45, 2.75) is 0 Å². The molecule has 0 heterocycles. The second kappa shape index (κ2) is 7.55. The van der Waals surface area contributed by atoms with E-state index in [1.165, 1.54) is 59.0 Å². The highest BCUT2D eigenvalue weighted by Gasteiger charge is 2.22. The van der Waals surface area contributed by atoms with Crippen LogP contribution in [0.5, 0.6) is 5.75 Å². The van der Waals surface area contributed by atoms with Crippen molar-refractivity contribution < 1.29 is 5.11 Å². The van der Waals surface area contributed by atoms with Crippen LogP contribution in [-0.2, 0) is 0 Å². The van der Waals surface area contributed by atoms with Crippen molar-refractivity contribution in [3.8, 4) is 5.75 Å². The third-order valence-corrected chi connectivity index (χ3v) is 9.33. The molecule has 1 atom stereocenters.